The summed E-state index contributed by atoms with van der Waals surface area (Å²) < 4.78 is 13.5. The molecule has 0 aliphatic rings. The maximum absolute atomic E-state index is 13.8. The van der Waals surface area contributed by atoms with E-state index in [2.05, 4.69) is 11.1 Å². The number of amides is 2. The van der Waals surface area contributed by atoms with Gasteiger partial charge >= 0.3 is 0 Å². The summed E-state index contributed by atoms with van der Waals surface area (Å²) in [6.07, 6.45) is 3.38. The zero-order valence-electron chi connectivity index (χ0n) is 23.2. The topological polar surface area (TPSA) is 59.7 Å². The van der Waals surface area contributed by atoms with Gasteiger partial charge in [0.2, 0.25) is 5.91 Å². The van der Waals surface area contributed by atoms with E-state index in [0.29, 0.717) is 31.5 Å². The molecule has 0 fully saturated rings. The molecule has 0 aliphatic heterocycles. The van der Waals surface area contributed by atoms with Crippen molar-refractivity contribution in [2.24, 2.45) is 0 Å². The smallest absolute Gasteiger partial charge is 0.254 e. The van der Waals surface area contributed by atoms with Crippen LogP contribution in [-0.4, -0.2) is 59.8 Å². The molecule has 39 heavy (non-hydrogen) atoms. The van der Waals surface area contributed by atoms with Crippen molar-refractivity contribution in [1.29, 1.82) is 0 Å². The molecule has 6 nitrogen and oxygen atoms in total. The first-order valence-electron chi connectivity index (χ1n) is 13.4. The normalized spacial score (nSPS) is 11.8. The minimum Gasteiger partial charge on any atom is -0.378 e. The van der Waals surface area contributed by atoms with Crippen LogP contribution in [0.5, 0.6) is 0 Å². The van der Waals surface area contributed by atoms with Gasteiger partial charge in [-0.15, -0.1) is 0 Å². The van der Waals surface area contributed by atoms with Gasteiger partial charge < -0.3 is 19.7 Å². The van der Waals surface area contributed by atoms with E-state index in [4.69, 9.17) is 0 Å². The molecule has 4 rings (SSSR count). The fraction of sp³-hybridized carbons (Fsp3) is 0.312. The number of nitrogens with zero attached hydrogens (tertiary/aromatic N) is 3. The Balaban J connectivity index is 1.57. The van der Waals surface area contributed by atoms with Crippen molar-refractivity contribution in [3.8, 4) is 0 Å². The molecule has 2 amide bonds. The Labute approximate surface area is 230 Å². The van der Waals surface area contributed by atoms with Gasteiger partial charge in [-0.25, -0.2) is 4.39 Å². The second-order valence-electron chi connectivity index (χ2n) is 10.2. The third kappa shape index (κ3) is 6.85. The number of halogens is 1. The van der Waals surface area contributed by atoms with Gasteiger partial charge in [-0.3, -0.25) is 9.59 Å². The molecule has 1 heterocycles. The highest BCUT2D eigenvalue weighted by molar-refractivity contribution is 5.96. The number of H-pyrrole nitrogens is 1. The first-order valence-corrected chi connectivity index (χ1v) is 13.4. The van der Waals surface area contributed by atoms with Crippen molar-refractivity contribution in [3.63, 3.8) is 0 Å². The van der Waals surface area contributed by atoms with Crippen LogP contribution in [0.3, 0.4) is 0 Å². The molecule has 4 aromatic rings. The van der Waals surface area contributed by atoms with E-state index in [1.165, 1.54) is 24.3 Å². The van der Waals surface area contributed by atoms with Crippen molar-refractivity contribution in [2.45, 2.75) is 39.3 Å². The lowest BCUT2D eigenvalue weighted by Gasteiger charge is -2.31. The number of carbonyl (C=O) groups is 2. The summed E-state index contributed by atoms with van der Waals surface area (Å²) in [5, 5.41) is 1.15. The van der Waals surface area contributed by atoms with Crippen LogP contribution in [-0.2, 0) is 17.8 Å². The van der Waals surface area contributed by atoms with Gasteiger partial charge in [0.15, 0.2) is 0 Å². The van der Waals surface area contributed by atoms with E-state index >= 15 is 0 Å². The first kappa shape index (κ1) is 27.9. The molecule has 1 N–H and O–H groups in total. The summed E-state index contributed by atoms with van der Waals surface area (Å²) >= 11 is 0. The van der Waals surface area contributed by atoms with Crippen molar-refractivity contribution in [1.82, 2.24) is 14.8 Å². The Kier molecular flexibility index (Phi) is 9.02. The minimum absolute atomic E-state index is 0.0467. The summed E-state index contributed by atoms with van der Waals surface area (Å²) in [6.45, 7) is 4.82. The quantitative estimate of drug-likeness (QED) is 0.264. The Morgan fingerprint density at radius 2 is 1.64 bits per heavy atom. The van der Waals surface area contributed by atoms with E-state index < -0.39 is 5.82 Å². The van der Waals surface area contributed by atoms with Gasteiger partial charge in [-0.05, 0) is 73.4 Å². The van der Waals surface area contributed by atoms with Crippen LogP contribution in [0.15, 0.2) is 79.0 Å². The third-order valence-corrected chi connectivity index (χ3v) is 7.29. The molecule has 0 aliphatic carbocycles. The van der Waals surface area contributed by atoms with Crippen LogP contribution in [0.25, 0.3) is 10.9 Å². The SMILES string of the molecule is CCC(C)N(CC(=O)N(CCc1c[nH]c2ccccc12)Cc1ccc(N(C)C)cc1)C(=O)c1ccc(F)cc1. The van der Waals surface area contributed by atoms with Gasteiger partial charge in [-0.1, -0.05) is 37.3 Å². The Morgan fingerprint density at radius 1 is 0.949 bits per heavy atom. The second-order valence-corrected chi connectivity index (χ2v) is 10.2. The summed E-state index contributed by atoms with van der Waals surface area (Å²) in [6, 6.07) is 21.6. The van der Waals surface area contributed by atoms with Crippen LogP contribution in [0.4, 0.5) is 10.1 Å². The summed E-state index contributed by atoms with van der Waals surface area (Å²) in [5.41, 5.74) is 4.69. The van der Waals surface area contributed by atoms with E-state index in [9.17, 15) is 14.0 Å². The van der Waals surface area contributed by atoms with Crippen LogP contribution in [0, 0.1) is 5.82 Å². The highest BCUT2D eigenvalue weighted by Crippen LogP contribution is 2.20. The second kappa shape index (κ2) is 12.6. The summed E-state index contributed by atoms with van der Waals surface area (Å²) in [5.74, 6) is -0.798. The summed E-state index contributed by atoms with van der Waals surface area (Å²) in [7, 11) is 3.99. The number of aromatic amines is 1. The number of carbonyl (C=O) groups excluding carboxylic acids is 2. The number of anilines is 1. The van der Waals surface area contributed by atoms with Crippen molar-refractivity contribution < 1.29 is 14.0 Å². The lowest BCUT2D eigenvalue weighted by atomic mass is 10.1. The van der Waals surface area contributed by atoms with Crippen molar-refractivity contribution in [2.75, 3.05) is 32.1 Å². The molecule has 0 saturated carbocycles. The van der Waals surface area contributed by atoms with Crippen LogP contribution in [0.2, 0.25) is 0 Å². The van der Waals surface area contributed by atoms with Crippen LogP contribution in [0.1, 0.15) is 41.8 Å². The Bertz CT molecular complexity index is 1400. The predicted octanol–water partition coefficient (Wildman–Crippen LogP) is 5.89. The number of rotatable bonds is 11. The average Bonchev–Trinajstić information content (AvgIpc) is 3.36. The van der Waals surface area contributed by atoms with Gasteiger partial charge in [0.25, 0.3) is 5.91 Å². The molecule has 1 aromatic heterocycles. The van der Waals surface area contributed by atoms with Gasteiger partial charge in [0.05, 0.1) is 0 Å². The lowest BCUT2D eigenvalue weighted by Crippen LogP contribution is -2.46. The highest BCUT2D eigenvalue weighted by atomic mass is 19.1. The molecule has 0 spiro atoms. The third-order valence-electron chi connectivity index (χ3n) is 7.29. The number of para-hydroxylation sites is 1. The number of benzene rings is 3. The monoisotopic (exact) mass is 528 g/mol. The fourth-order valence-corrected chi connectivity index (χ4v) is 4.66. The first-order chi connectivity index (χ1) is 18.8. The summed E-state index contributed by atoms with van der Waals surface area (Å²) in [4.78, 5) is 36.0. The molecule has 0 saturated heterocycles. The maximum atomic E-state index is 13.8. The molecule has 7 heteroatoms. The van der Waals surface area contributed by atoms with E-state index in [1.54, 1.807) is 4.90 Å². The lowest BCUT2D eigenvalue weighted by molar-refractivity contribution is -0.133. The number of hydrogen-bond donors (Lipinski definition) is 1. The molecule has 3 aromatic carbocycles. The molecular weight excluding hydrogens is 491 g/mol. The standard InChI is InChI=1S/C32H37FN4O2/c1-5-23(2)37(32(39)25-12-14-27(33)15-13-25)22-31(38)36(21-24-10-16-28(17-11-24)35(3)4)19-18-26-20-34-30-9-7-6-8-29(26)30/h6-17,20,23,34H,5,18-19,21-22H2,1-4H3. The van der Waals surface area contributed by atoms with Gasteiger partial charge in [-0.2, -0.15) is 0 Å². The Morgan fingerprint density at radius 3 is 2.31 bits per heavy atom. The van der Waals surface area contributed by atoms with E-state index in [-0.39, 0.29) is 24.4 Å². The zero-order valence-corrected chi connectivity index (χ0v) is 23.2. The molecule has 204 valence electrons. The van der Waals surface area contributed by atoms with E-state index in [1.807, 2.05) is 86.4 Å². The van der Waals surface area contributed by atoms with Crippen molar-refractivity contribution >= 4 is 28.4 Å². The van der Waals surface area contributed by atoms with Gasteiger partial charge in [0, 0.05) is 61.6 Å². The highest BCUT2D eigenvalue weighted by Gasteiger charge is 2.26. The van der Waals surface area contributed by atoms with E-state index in [0.717, 1.165) is 27.7 Å². The van der Waals surface area contributed by atoms with Gasteiger partial charge in [0.1, 0.15) is 12.4 Å². The minimum atomic E-state index is -0.401. The molecule has 0 radical (unpaired) electrons. The Hall–Kier alpha value is -4.13. The molecule has 1 unspecified atom stereocenters. The molecule has 0 bridgehead atoms. The molecular formula is C32H37FN4O2. The largest absolute Gasteiger partial charge is 0.378 e. The average molecular weight is 529 g/mol. The zero-order chi connectivity index (χ0) is 27.9. The van der Waals surface area contributed by atoms with Crippen LogP contribution < -0.4 is 4.90 Å². The number of nitrogens with one attached hydrogen (secondary N) is 1. The van der Waals surface area contributed by atoms with Crippen molar-refractivity contribution in [3.05, 3.63) is 102 Å². The van der Waals surface area contributed by atoms with Crippen LogP contribution >= 0.6 is 0 Å². The number of aromatic nitrogens is 1. The fourth-order valence-electron chi connectivity index (χ4n) is 4.66. The number of hydrogen-bond acceptors (Lipinski definition) is 3. The molecule has 1 atom stereocenters. The maximum Gasteiger partial charge on any atom is 0.254 e. The number of fused-ring (bicyclic) bond motifs is 1. The predicted molar refractivity (Wildman–Crippen MR) is 155 cm³/mol.